The summed E-state index contributed by atoms with van der Waals surface area (Å²) in [6, 6.07) is 12.2. The van der Waals surface area contributed by atoms with Crippen LogP contribution in [0.3, 0.4) is 0 Å². The number of halogens is 1. The molecule has 2 heterocycles. The average molecular weight is 338 g/mol. The van der Waals surface area contributed by atoms with Crippen molar-refractivity contribution in [2.75, 3.05) is 0 Å². The van der Waals surface area contributed by atoms with Crippen LogP contribution < -0.4 is 0 Å². The van der Waals surface area contributed by atoms with Crippen molar-refractivity contribution >= 4 is 23.4 Å². The molecule has 6 heteroatoms. The molecule has 0 fully saturated rings. The molecule has 0 aliphatic carbocycles. The molecule has 3 aromatic rings. The third-order valence-electron chi connectivity index (χ3n) is 4.03. The van der Waals surface area contributed by atoms with Gasteiger partial charge in [-0.05, 0) is 35.9 Å². The van der Waals surface area contributed by atoms with E-state index in [9.17, 15) is 9.59 Å². The molecule has 118 valence electrons. The molecule has 1 aromatic heterocycles. The number of nitrogens with zero attached hydrogens (tertiary/aromatic N) is 3. The third-order valence-corrected chi connectivity index (χ3v) is 4.27. The molecule has 2 amide bonds. The number of aromatic nitrogens is 2. The van der Waals surface area contributed by atoms with Crippen LogP contribution >= 0.6 is 11.6 Å². The molecule has 1 aliphatic rings. The van der Waals surface area contributed by atoms with E-state index in [0.29, 0.717) is 16.1 Å². The highest BCUT2D eigenvalue weighted by Gasteiger charge is 2.35. The molecule has 0 saturated carbocycles. The maximum atomic E-state index is 12.5. The first-order chi connectivity index (χ1) is 11.6. The molecule has 5 nitrogen and oxygen atoms in total. The van der Waals surface area contributed by atoms with Gasteiger partial charge in [0.25, 0.3) is 11.8 Å². The van der Waals surface area contributed by atoms with Crippen LogP contribution in [0.25, 0.3) is 5.69 Å². The number of carbonyl (C=O) groups is 2. The second kappa shape index (κ2) is 5.62. The lowest BCUT2D eigenvalue weighted by Crippen LogP contribution is -2.29. The Balaban J connectivity index is 1.74. The number of imidazole rings is 1. The molecule has 4 rings (SSSR count). The van der Waals surface area contributed by atoms with Crippen LogP contribution in [0.2, 0.25) is 5.02 Å². The van der Waals surface area contributed by atoms with Crippen LogP contribution in [0, 0.1) is 0 Å². The fraction of sp³-hybridized carbons (Fsp3) is 0.0556. The molecular formula is C18H12ClN3O2. The summed E-state index contributed by atoms with van der Waals surface area (Å²) < 4.78 is 1.82. The van der Waals surface area contributed by atoms with Gasteiger partial charge in [0.1, 0.15) is 0 Å². The molecule has 2 aromatic carbocycles. The lowest BCUT2D eigenvalue weighted by atomic mass is 10.1. The molecule has 0 atom stereocenters. The van der Waals surface area contributed by atoms with E-state index in [1.165, 1.54) is 4.90 Å². The quantitative estimate of drug-likeness (QED) is 0.689. The molecule has 0 saturated heterocycles. The van der Waals surface area contributed by atoms with Crippen molar-refractivity contribution < 1.29 is 9.59 Å². The van der Waals surface area contributed by atoms with Gasteiger partial charge in [-0.3, -0.25) is 14.5 Å². The zero-order valence-corrected chi connectivity index (χ0v) is 13.3. The Morgan fingerprint density at radius 3 is 2.33 bits per heavy atom. The summed E-state index contributed by atoms with van der Waals surface area (Å²) in [5.74, 6) is -0.570. The number of hydrogen-bond donors (Lipinski definition) is 0. The Kier molecular flexibility index (Phi) is 3.43. The molecule has 24 heavy (non-hydrogen) atoms. The summed E-state index contributed by atoms with van der Waals surface area (Å²) in [5.41, 5.74) is 2.48. The lowest BCUT2D eigenvalue weighted by Gasteiger charge is -2.17. The predicted molar refractivity (Wildman–Crippen MR) is 89.2 cm³/mol. The molecule has 0 radical (unpaired) electrons. The van der Waals surface area contributed by atoms with Gasteiger partial charge >= 0.3 is 0 Å². The van der Waals surface area contributed by atoms with E-state index in [1.54, 1.807) is 55.1 Å². The van der Waals surface area contributed by atoms with Gasteiger partial charge in [-0.1, -0.05) is 23.7 Å². The molecule has 1 aliphatic heterocycles. The van der Waals surface area contributed by atoms with Gasteiger partial charge in [-0.25, -0.2) is 4.98 Å². The van der Waals surface area contributed by atoms with Crippen molar-refractivity contribution in [2.45, 2.75) is 6.54 Å². The number of imide groups is 1. The van der Waals surface area contributed by atoms with Crippen LogP contribution in [0.1, 0.15) is 26.3 Å². The highest BCUT2D eigenvalue weighted by molar-refractivity contribution is 6.30. The zero-order valence-electron chi connectivity index (χ0n) is 12.5. The monoisotopic (exact) mass is 337 g/mol. The number of amides is 2. The minimum Gasteiger partial charge on any atom is -0.306 e. The van der Waals surface area contributed by atoms with E-state index in [-0.39, 0.29) is 18.4 Å². The predicted octanol–water partition coefficient (Wildman–Crippen LogP) is 3.32. The van der Waals surface area contributed by atoms with Gasteiger partial charge in [0.15, 0.2) is 0 Å². The van der Waals surface area contributed by atoms with Crippen LogP contribution in [0.5, 0.6) is 0 Å². The molecule has 0 unspecified atom stereocenters. The lowest BCUT2D eigenvalue weighted by molar-refractivity contribution is 0.0642. The fourth-order valence-corrected chi connectivity index (χ4v) is 3.08. The first-order valence-corrected chi connectivity index (χ1v) is 7.75. The van der Waals surface area contributed by atoms with Crippen molar-refractivity contribution in [3.05, 3.63) is 82.9 Å². The zero-order chi connectivity index (χ0) is 16.7. The number of hydrogen-bond acceptors (Lipinski definition) is 3. The van der Waals surface area contributed by atoms with Gasteiger partial charge in [0.05, 0.1) is 29.7 Å². The molecule has 0 spiro atoms. The van der Waals surface area contributed by atoms with Crippen LogP contribution in [0.15, 0.2) is 61.2 Å². The maximum Gasteiger partial charge on any atom is 0.261 e. The number of fused-ring (bicyclic) bond motifs is 1. The summed E-state index contributed by atoms with van der Waals surface area (Å²) >= 11 is 6.11. The van der Waals surface area contributed by atoms with Crippen molar-refractivity contribution in [2.24, 2.45) is 0 Å². The summed E-state index contributed by atoms with van der Waals surface area (Å²) in [5, 5.41) is 0.547. The van der Waals surface area contributed by atoms with E-state index in [4.69, 9.17) is 11.6 Å². The Morgan fingerprint density at radius 1 is 1.00 bits per heavy atom. The average Bonchev–Trinajstić information content (AvgIpc) is 3.19. The minimum absolute atomic E-state index is 0.153. The number of rotatable bonds is 3. The van der Waals surface area contributed by atoms with Crippen molar-refractivity contribution in [3.8, 4) is 5.69 Å². The number of benzene rings is 2. The second-order valence-corrected chi connectivity index (χ2v) is 5.92. The summed E-state index contributed by atoms with van der Waals surface area (Å²) in [6.45, 7) is 0.153. The summed E-state index contributed by atoms with van der Waals surface area (Å²) in [7, 11) is 0. The van der Waals surface area contributed by atoms with Crippen molar-refractivity contribution in [3.63, 3.8) is 0 Å². The van der Waals surface area contributed by atoms with Crippen LogP contribution in [-0.4, -0.2) is 26.3 Å². The van der Waals surface area contributed by atoms with Gasteiger partial charge < -0.3 is 4.57 Å². The van der Waals surface area contributed by atoms with Crippen LogP contribution in [-0.2, 0) is 6.54 Å². The van der Waals surface area contributed by atoms with Crippen LogP contribution in [0.4, 0.5) is 0 Å². The van der Waals surface area contributed by atoms with Gasteiger partial charge in [0, 0.05) is 17.4 Å². The summed E-state index contributed by atoms with van der Waals surface area (Å²) in [6.07, 6.45) is 5.13. The highest BCUT2D eigenvalue weighted by Crippen LogP contribution is 2.27. The summed E-state index contributed by atoms with van der Waals surface area (Å²) in [4.78, 5) is 30.4. The smallest absolute Gasteiger partial charge is 0.261 e. The van der Waals surface area contributed by atoms with E-state index in [2.05, 4.69) is 4.98 Å². The fourth-order valence-electron chi connectivity index (χ4n) is 2.89. The first kappa shape index (κ1) is 14.7. The van der Waals surface area contributed by atoms with Gasteiger partial charge in [-0.2, -0.15) is 0 Å². The Hall–Kier alpha value is -2.92. The maximum absolute atomic E-state index is 12.5. The van der Waals surface area contributed by atoms with Gasteiger partial charge in [-0.15, -0.1) is 0 Å². The number of carbonyl (C=O) groups excluding carboxylic acids is 2. The first-order valence-electron chi connectivity index (χ1n) is 7.37. The molecule has 0 bridgehead atoms. The highest BCUT2D eigenvalue weighted by atomic mass is 35.5. The normalized spacial score (nSPS) is 13.5. The van der Waals surface area contributed by atoms with E-state index in [0.717, 1.165) is 11.3 Å². The molecule has 0 N–H and O–H groups in total. The van der Waals surface area contributed by atoms with E-state index >= 15 is 0 Å². The second-order valence-electron chi connectivity index (χ2n) is 5.49. The Bertz CT molecular complexity index is 916. The molecular weight excluding hydrogens is 326 g/mol. The largest absolute Gasteiger partial charge is 0.306 e. The Morgan fingerprint density at radius 2 is 1.71 bits per heavy atom. The van der Waals surface area contributed by atoms with Crippen molar-refractivity contribution in [1.29, 1.82) is 0 Å². The van der Waals surface area contributed by atoms with E-state index < -0.39 is 0 Å². The van der Waals surface area contributed by atoms with E-state index in [1.807, 2.05) is 10.6 Å². The third kappa shape index (κ3) is 2.30. The topological polar surface area (TPSA) is 55.2 Å². The van der Waals surface area contributed by atoms with Gasteiger partial charge in [0.2, 0.25) is 0 Å². The van der Waals surface area contributed by atoms with Crippen molar-refractivity contribution in [1.82, 2.24) is 14.5 Å². The SMILES string of the molecule is O=C1c2ccccc2C(=O)N1Cc1cc(Cl)ccc1-n1ccnc1. The standard InChI is InChI=1S/C18H12ClN3O2/c19-13-5-6-16(21-8-7-20-11-21)12(9-13)10-22-17(23)14-3-1-2-4-15(14)18(22)24/h1-9,11H,10H2. The Labute approximate surface area is 143 Å². The minimum atomic E-state index is -0.285.